The summed E-state index contributed by atoms with van der Waals surface area (Å²) in [4.78, 5) is 0. The van der Waals surface area contributed by atoms with Gasteiger partial charge in [0.05, 0.1) is 11.4 Å². The van der Waals surface area contributed by atoms with Crippen LogP contribution < -0.4 is 5.32 Å². The van der Waals surface area contributed by atoms with Crippen molar-refractivity contribution in [1.82, 2.24) is 15.1 Å². The standard InChI is InChI=1S/C17H25N3/c1-2-18-10-15-9-16(19-20(15)3-1)17-13-5-11-4-12(7-13)8-14(17)6-11/h9,11-14,17-18H,1-8,10H2. The zero-order chi connectivity index (χ0) is 13.1. The van der Waals surface area contributed by atoms with E-state index in [2.05, 4.69) is 16.1 Å². The summed E-state index contributed by atoms with van der Waals surface area (Å²) in [6.45, 7) is 3.26. The molecule has 1 aliphatic heterocycles. The van der Waals surface area contributed by atoms with Crippen LogP contribution in [-0.2, 0) is 13.1 Å². The third-order valence-corrected chi connectivity index (χ3v) is 6.48. The molecule has 0 amide bonds. The van der Waals surface area contributed by atoms with Gasteiger partial charge >= 0.3 is 0 Å². The second-order valence-electron chi connectivity index (χ2n) is 7.77. The molecule has 5 aliphatic rings. The van der Waals surface area contributed by atoms with E-state index in [1.807, 2.05) is 0 Å². The molecule has 0 atom stereocenters. The molecule has 3 nitrogen and oxygen atoms in total. The highest BCUT2D eigenvalue weighted by atomic mass is 15.3. The predicted octanol–water partition coefficient (Wildman–Crippen LogP) is 2.92. The molecule has 2 heterocycles. The molecule has 20 heavy (non-hydrogen) atoms. The van der Waals surface area contributed by atoms with Crippen LogP contribution in [0.3, 0.4) is 0 Å². The van der Waals surface area contributed by atoms with Gasteiger partial charge < -0.3 is 5.32 Å². The van der Waals surface area contributed by atoms with E-state index in [4.69, 9.17) is 5.10 Å². The third-order valence-electron chi connectivity index (χ3n) is 6.48. The Morgan fingerprint density at radius 3 is 2.55 bits per heavy atom. The summed E-state index contributed by atoms with van der Waals surface area (Å²) in [5.74, 6) is 4.84. The van der Waals surface area contributed by atoms with Gasteiger partial charge in [-0.25, -0.2) is 0 Å². The first-order chi connectivity index (χ1) is 9.87. The number of nitrogens with zero attached hydrogens (tertiary/aromatic N) is 2. The highest BCUT2D eigenvalue weighted by Crippen LogP contribution is 2.59. The van der Waals surface area contributed by atoms with Crippen molar-refractivity contribution < 1.29 is 0 Å². The molecule has 0 saturated heterocycles. The molecular formula is C17H25N3. The Morgan fingerprint density at radius 2 is 1.80 bits per heavy atom. The first-order valence-corrected chi connectivity index (χ1v) is 8.64. The summed E-state index contributed by atoms with van der Waals surface area (Å²) in [5, 5.41) is 8.56. The van der Waals surface area contributed by atoms with Crippen molar-refractivity contribution in [1.29, 1.82) is 0 Å². The number of nitrogens with one attached hydrogen (secondary N) is 1. The van der Waals surface area contributed by atoms with E-state index in [9.17, 15) is 0 Å². The minimum atomic E-state index is 0.794. The summed E-state index contributed by atoms with van der Waals surface area (Å²) in [6.07, 6.45) is 8.76. The van der Waals surface area contributed by atoms with Gasteiger partial charge in [-0.1, -0.05) is 0 Å². The molecule has 4 aliphatic carbocycles. The maximum absolute atomic E-state index is 5.03. The number of hydrogen-bond acceptors (Lipinski definition) is 2. The molecule has 1 N–H and O–H groups in total. The number of rotatable bonds is 1. The molecule has 1 aromatic rings. The predicted molar refractivity (Wildman–Crippen MR) is 78.3 cm³/mol. The monoisotopic (exact) mass is 271 g/mol. The Morgan fingerprint density at radius 1 is 1.05 bits per heavy atom. The molecule has 0 radical (unpaired) electrons. The van der Waals surface area contributed by atoms with Crippen LogP contribution in [0.2, 0.25) is 0 Å². The van der Waals surface area contributed by atoms with E-state index in [1.54, 1.807) is 6.42 Å². The summed E-state index contributed by atoms with van der Waals surface area (Å²) < 4.78 is 2.29. The number of fused-ring (bicyclic) bond motifs is 1. The second kappa shape index (κ2) is 4.33. The molecule has 1 aromatic heterocycles. The topological polar surface area (TPSA) is 29.9 Å². The van der Waals surface area contributed by atoms with Crippen LogP contribution in [-0.4, -0.2) is 16.3 Å². The lowest BCUT2D eigenvalue weighted by Gasteiger charge is -2.54. The number of hydrogen-bond donors (Lipinski definition) is 1. The quantitative estimate of drug-likeness (QED) is 0.851. The van der Waals surface area contributed by atoms with E-state index >= 15 is 0 Å². The van der Waals surface area contributed by atoms with E-state index < -0.39 is 0 Å². The molecular weight excluding hydrogens is 246 g/mol. The van der Waals surface area contributed by atoms with Gasteiger partial charge in [-0.3, -0.25) is 4.68 Å². The van der Waals surface area contributed by atoms with Crippen molar-refractivity contribution >= 4 is 0 Å². The highest BCUT2D eigenvalue weighted by Gasteiger charge is 2.49. The smallest absolute Gasteiger partial charge is 0.0664 e. The summed E-state index contributed by atoms with van der Waals surface area (Å²) in [5.41, 5.74) is 2.86. The average molecular weight is 271 g/mol. The van der Waals surface area contributed by atoms with Crippen molar-refractivity contribution in [3.63, 3.8) is 0 Å². The molecule has 6 rings (SSSR count). The summed E-state index contributed by atoms with van der Waals surface area (Å²) in [6, 6.07) is 2.44. The van der Waals surface area contributed by atoms with Gasteiger partial charge in [-0.05, 0) is 74.8 Å². The third kappa shape index (κ3) is 1.71. The lowest BCUT2D eigenvalue weighted by molar-refractivity contribution is -0.00434. The fourth-order valence-corrected chi connectivity index (χ4v) is 5.95. The molecule has 108 valence electrons. The molecule has 0 spiro atoms. The minimum Gasteiger partial charge on any atom is -0.311 e. The van der Waals surface area contributed by atoms with Crippen molar-refractivity contribution in [2.75, 3.05) is 6.54 Å². The molecule has 0 aromatic carbocycles. The van der Waals surface area contributed by atoms with Crippen LogP contribution >= 0.6 is 0 Å². The maximum Gasteiger partial charge on any atom is 0.0664 e. The zero-order valence-electron chi connectivity index (χ0n) is 12.2. The lowest BCUT2D eigenvalue weighted by atomic mass is 9.51. The van der Waals surface area contributed by atoms with Crippen LogP contribution in [0.5, 0.6) is 0 Å². The largest absolute Gasteiger partial charge is 0.311 e. The van der Waals surface area contributed by atoms with Crippen molar-refractivity contribution in [3.8, 4) is 0 Å². The SMILES string of the molecule is c1c(C2C3CC4CC(C3)CC2C4)nn2c1CNCCC2. The van der Waals surface area contributed by atoms with E-state index in [0.717, 1.165) is 49.2 Å². The van der Waals surface area contributed by atoms with Crippen molar-refractivity contribution in [2.45, 2.75) is 57.5 Å². The minimum absolute atomic E-state index is 0.794. The van der Waals surface area contributed by atoms with Gasteiger partial charge in [0.25, 0.3) is 0 Å². The van der Waals surface area contributed by atoms with Crippen molar-refractivity contribution in [2.24, 2.45) is 23.7 Å². The van der Waals surface area contributed by atoms with E-state index in [0.29, 0.717) is 0 Å². The molecule has 4 fully saturated rings. The molecule has 4 saturated carbocycles. The van der Waals surface area contributed by atoms with Crippen LogP contribution in [0.1, 0.15) is 55.8 Å². The highest BCUT2D eigenvalue weighted by molar-refractivity contribution is 5.20. The Kier molecular flexibility index (Phi) is 2.55. The van der Waals surface area contributed by atoms with Gasteiger partial charge in [0, 0.05) is 19.0 Å². The van der Waals surface area contributed by atoms with E-state index in [-0.39, 0.29) is 0 Å². The molecule has 4 bridgehead atoms. The van der Waals surface area contributed by atoms with Crippen LogP contribution in [0.15, 0.2) is 6.07 Å². The van der Waals surface area contributed by atoms with Crippen molar-refractivity contribution in [3.05, 3.63) is 17.5 Å². The van der Waals surface area contributed by atoms with Gasteiger partial charge in [0.1, 0.15) is 0 Å². The van der Waals surface area contributed by atoms with Gasteiger partial charge in [-0.2, -0.15) is 5.10 Å². The van der Waals surface area contributed by atoms with Crippen LogP contribution in [0, 0.1) is 23.7 Å². The summed E-state index contributed by atoms with van der Waals surface area (Å²) in [7, 11) is 0. The second-order valence-corrected chi connectivity index (χ2v) is 7.77. The first kappa shape index (κ1) is 11.8. The Balaban J connectivity index is 1.48. The number of aryl methyl sites for hydroxylation is 1. The fraction of sp³-hybridized carbons (Fsp3) is 0.824. The van der Waals surface area contributed by atoms with Gasteiger partial charge in [0.2, 0.25) is 0 Å². The molecule has 3 heteroatoms. The van der Waals surface area contributed by atoms with E-state index in [1.165, 1.54) is 43.5 Å². The Bertz CT molecular complexity index is 467. The molecule has 0 unspecified atom stereocenters. The Hall–Kier alpha value is -0.830. The first-order valence-electron chi connectivity index (χ1n) is 8.64. The van der Waals surface area contributed by atoms with Crippen LogP contribution in [0.25, 0.3) is 0 Å². The normalized spacial score (nSPS) is 42.5. The number of aromatic nitrogens is 2. The average Bonchev–Trinajstić information content (AvgIpc) is 2.68. The lowest BCUT2D eigenvalue weighted by Crippen LogP contribution is -2.43. The Labute approximate surface area is 121 Å². The van der Waals surface area contributed by atoms with Gasteiger partial charge in [0.15, 0.2) is 0 Å². The zero-order valence-corrected chi connectivity index (χ0v) is 12.2. The maximum atomic E-state index is 5.03. The summed E-state index contributed by atoms with van der Waals surface area (Å²) >= 11 is 0. The van der Waals surface area contributed by atoms with Crippen LogP contribution in [0.4, 0.5) is 0 Å². The fourth-order valence-electron chi connectivity index (χ4n) is 5.95. The van der Waals surface area contributed by atoms with Gasteiger partial charge in [-0.15, -0.1) is 0 Å².